The van der Waals surface area contributed by atoms with Gasteiger partial charge in [-0.25, -0.2) is 4.98 Å². The van der Waals surface area contributed by atoms with Crippen LogP contribution in [0.4, 0.5) is 0 Å². The summed E-state index contributed by atoms with van der Waals surface area (Å²) < 4.78 is 17.4. The van der Waals surface area contributed by atoms with Crippen LogP contribution in [-0.2, 0) is 15.2 Å². The third-order valence-corrected chi connectivity index (χ3v) is 5.35. The molecule has 1 fully saturated rings. The molecule has 1 atom stereocenters. The van der Waals surface area contributed by atoms with Crippen LogP contribution in [0.2, 0.25) is 0 Å². The average molecular weight is 385 g/mol. The molecule has 4 rings (SSSR count). The fourth-order valence-electron chi connectivity index (χ4n) is 3.02. The molecule has 27 heavy (non-hydrogen) atoms. The summed E-state index contributed by atoms with van der Waals surface area (Å²) >= 11 is 1.64. The number of rotatable bonds is 6. The van der Waals surface area contributed by atoms with E-state index in [0.717, 1.165) is 38.9 Å². The summed E-state index contributed by atoms with van der Waals surface area (Å²) in [7, 11) is 0. The monoisotopic (exact) mass is 385 g/mol. The van der Waals surface area contributed by atoms with E-state index in [2.05, 4.69) is 15.0 Å². The molecule has 3 aromatic rings. The molecule has 0 saturated carbocycles. The maximum Gasteiger partial charge on any atom is 0.166 e. The highest BCUT2D eigenvalue weighted by Gasteiger charge is 2.33. The summed E-state index contributed by atoms with van der Waals surface area (Å²) in [6.07, 6.45) is 1.73. The van der Waals surface area contributed by atoms with E-state index in [0.29, 0.717) is 13.2 Å². The summed E-state index contributed by atoms with van der Waals surface area (Å²) in [6.45, 7) is 6.87. The van der Waals surface area contributed by atoms with Crippen molar-refractivity contribution in [3.05, 3.63) is 47.8 Å². The number of thioether (sulfide) groups is 1. The minimum atomic E-state index is -0.532. The van der Waals surface area contributed by atoms with Gasteiger partial charge in [0.2, 0.25) is 0 Å². The Morgan fingerprint density at radius 1 is 1.30 bits per heavy atom. The maximum atomic E-state index is 5.98. The van der Waals surface area contributed by atoms with Gasteiger partial charge in [0, 0.05) is 17.5 Å². The Labute approximate surface area is 162 Å². The fraction of sp³-hybridized carbons (Fsp3) is 0.400. The minimum absolute atomic E-state index is 0.0547. The van der Waals surface area contributed by atoms with Gasteiger partial charge in [0.1, 0.15) is 18.5 Å². The second-order valence-corrected chi connectivity index (χ2v) is 7.95. The zero-order valence-electron chi connectivity index (χ0n) is 15.7. The van der Waals surface area contributed by atoms with Crippen LogP contribution in [0, 0.1) is 6.92 Å². The van der Waals surface area contributed by atoms with Gasteiger partial charge in [0.15, 0.2) is 10.9 Å². The summed E-state index contributed by atoms with van der Waals surface area (Å²) in [4.78, 5) is 12.4. The molecule has 0 radical (unpaired) electrons. The number of para-hydroxylation sites is 2. The topological polar surface area (TPSA) is 69.3 Å². The van der Waals surface area contributed by atoms with Crippen molar-refractivity contribution in [1.82, 2.24) is 15.0 Å². The van der Waals surface area contributed by atoms with Crippen LogP contribution in [-0.4, -0.2) is 40.1 Å². The molecule has 1 aromatic carbocycles. The highest BCUT2D eigenvalue weighted by atomic mass is 32.2. The first-order valence-corrected chi connectivity index (χ1v) is 9.95. The normalized spacial score (nSPS) is 18.9. The van der Waals surface area contributed by atoms with Crippen LogP contribution < -0.4 is 4.74 Å². The molecule has 0 bridgehead atoms. The predicted molar refractivity (Wildman–Crippen MR) is 105 cm³/mol. The van der Waals surface area contributed by atoms with Gasteiger partial charge in [-0.1, -0.05) is 23.9 Å². The van der Waals surface area contributed by atoms with Crippen molar-refractivity contribution >= 4 is 22.8 Å². The molecule has 1 aliphatic heterocycles. The van der Waals surface area contributed by atoms with Gasteiger partial charge in [-0.2, -0.15) is 0 Å². The molecular weight excluding hydrogens is 362 g/mol. The van der Waals surface area contributed by atoms with Gasteiger partial charge in [-0.05, 0) is 39.0 Å². The Hall–Kier alpha value is -2.09. The van der Waals surface area contributed by atoms with Gasteiger partial charge < -0.3 is 19.2 Å². The Morgan fingerprint density at radius 3 is 2.93 bits per heavy atom. The Bertz CT molecular complexity index is 908. The van der Waals surface area contributed by atoms with Crippen LogP contribution in [0.1, 0.15) is 25.1 Å². The molecule has 1 saturated heterocycles. The number of aromatic nitrogens is 3. The van der Waals surface area contributed by atoms with E-state index in [1.165, 1.54) is 0 Å². The van der Waals surface area contributed by atoms with Crippen LogP contribution in [0.3, 0.4) is 0 Å². The maximum absolute atomic E-state index is 5.98. The number of imidazole rings is 1. The number of hydrogen-bond acceptors (Lipinski definition) is 6. The molecule has 3 heterocycles. The van der Waals surface area contributed by atoms with Crippen LogP contribution >= 0.6 is 11.8 Å². The number of aromatic amines is 1. The number of hydrogen-bond donors (Lipinski definition) is 1. The van der Waals surface area contributed by atoms with E-state index in [4.69, 9.17) is 14.2 Å². The highest BCUT2D eigenvalue weighted by Crippen LogP contribution is 2.28. The van der Waals surface area contributed by atoms with E-state index >= 15 is 0 Å². The number of H-pyrrole nitrogens is 1. The Kier molecular flexibility index (Phi) is 5.08. The Balaban J connectivity index is 1.39. The van der Waals surface area contributed by atoms with Gasteiger partial charge in [0.25, 0.3) is 0 Å². The van der Waals surface area contributed by atoms with Gasteiger partial charge in [-0.3, -0.25) is 4.98 Å². The SMILES string of the molecule is Cc1c(OC[C@@H]2COC(C)(C)O2)ccnc1CSc1nc2ccccc2[nH]1. The lowest BCUT2D eigenvalue weighted by Crippen LogP contribution is -2.25. The number of nitrogens with one attached hydrogen (secondary N) is 1. The van der Waals surface area contributed by atoms with Crippen molar-refractivity contribution in [3.63, 3.8) is 0 Å². The largest absolute Gasteiger partial charge is 0.490 e. The third kappa shape index (κ3) is 4.26. The second-order valence-electron chi connectivity index (χ2n) is 6.99. The second kappa shape index (κ2) is 7.50. The quantitative estimate of drug-likeness (QED) is 0.645. The Morgan fingerprint density at radius 2 is 2.15 bits per heavy atom. The smallest absolute Gasteiger partial charge is 0.166 e. The number of pyridine rings is 1. The summed E-state index contributed by atoms with van der Waals surface area (Å²) in [5, 5.41) is 0.891. The highest BCUT2D eigenvalue weighted by molar-refractivity contribution is 7.98. The van der Waals surface area contributed by atoms with E-state index in [1.54, 1.807) is 18.0 Å². The molecular formula is C20H23N3O3S. The van der Waals surface area contributed by atoms with Gasteiger partial charge in [0.05, 0.1) is 23.3 Å². The zero-order chi connectivity index (χ0) is 18.9. The first kappa shape index (κ1) is 18.3. The molecule has 142 valence electrons. The molecule has 6 nitrogen and oxygen atoms in total. The van der Waals surface area contributed by atoms with Gasteiger partial charge >= 0.3 is 0 Å². The standard InChI is InChI=1S/C20H23N3O3S/c1-13-17(12-27-19-22-15-6-4-5-7-16(15)23-19)21-9-8-18(13)24-10-14-11-25-20(2,3)26-14/h4-9,14H,10-12H2,1-3H3,(H,22,23)/t14-/m1/s1. The van der Waals surface area contributed by atoms with E-state index in [-0.39, 0.29) is 6.10 Å². The molecule has 7 heteroatoms. The lowest BCUT2D eigenvalue weighted by atomic mass is 10.2. The summed E-state index contributed by atoms with van der Waals surface area (Å²) in [5.74, 6) is 1.02. The average Bonchev–Trinajstić information content (AvgIpc) is 3.22. The third-order valence-electron chi connectivity index (χ3n) is 4.46. The van der Waals surface area contributed by atoms with Crippen molar-refractivity contribution in [1.29, 1.82) is 0 Å². The van der Waals surface area contributed by atoms with Crippen molar-refractivity contribution in [2.45, 2.75) is 43.6 Å². The van der Waals surface area contributed by atoms with Crippen molar-refractivity contribution in [2.24, 2.45) is 0 Å². The lowest BCUT2D eigenvalue weighted by Gasteiger charge is -2.18. The van der Waals surface area contributed by atoms with Gasteiger partial charge in [-0.15, -0.1) is 0 Å². The van der Waals surface area contributed by atoms with Crippen LogP contribution in [0.15, 0.2) is 41.7 Å². The van der Waals surface area contributed by atoms with Crippen molar-refractivity contribution in [3.8, 4) is 5.75 Å². The number of fused-ring (bicyclic) bond motifs is 1. The van der Waals surface area contributed by atoms with E-state index < -0.39 is 5.79 Å². The predicted octanol–water partition coefficient (Wildman–Crippen LogP) is 4.09. The van der Waals surface area contributed by atoms with E-state index in [9.17, 15) is 0 Å². The van der Waals surface area contributed by atoms with Crippen LogP contribution in [0.25, 0.3) is 11.0 Å². The molecule has 1 aliphatic rings. The summed E-state index contributed by atoms with van der Waals surface area (Å²) in [5.41, 5.74) is 4.05. The zero-order valence-corrected chi connectivity index (χ0v) is 16.5. The molecule has 0 aliphatic carbocycles. The lowest BCUT2D eigenvalue weighted by molar-refractivity contribution is -0.141. The first-order chi connectivity index (χ1) is 13.0. The molecule has 0 spiro atoms. The van der Waals surface area contributed by atoms with Crippen molar-refractivity contribution < 1.29 is 14.2 Å². The first-order valence-electron chi connectivity index (χ1n) is 8.97. The summed E-state index contributed by atoms with van der Waals surface area (Å²) in [6, 6.07) is 9.92. The number of benzene rings is 1. The molecule has 0 unspecified atom stereocenters. The number of ether oxygens (including phenoxy) is 3. The number of nitrogens with zero attached hydrogens (tertiary/aromatic N) is 2. The van der Waals surface area contributed by atoms with E-state index in [1.807, 2.05) is 51.1 Å². The molecule has 0 amide bonds. The fourth-order valence-corrected chi connectivity index (χ4v) is 3.93. The minimum Gasteiger partial charge on any atom is -0.490 e. The van der Waals surface area contributed by atoms with Crippen molar-refractivity contribution in [2.75, 3.05) is 13.2 Å². The molecule has 1 N–H and O–H groups in total. The van der Waals surface area contributed by atoms with Crippen LogP contribution in [0.5, 0.6) is 5.75 Å². The molecule has 2 aromatic heterocycles.